The highest BCUT2D eigenvalue weighted by Gasteiger charge is 2.63. The van der Waals surface area contributed by atoms with Gasteiger partial charge in [0.2, 0.25) is 0 Å². The number of hydrogen-bond acceptors (Lipinski definition) is 2. The Morgan fingerprint density at radius 3 is 1.88 bits per heavy atom. The van der Waals surface area contributed by atoms with Gasteiger partial charge in [0.05, 0.1) is 5.92 Å². The van der Waals surface area contributed by atoms with E-state index >= 15 is 0 Å². The summed E-state index contributed by atoms with van der Waals surface area (Å²) in [6, 6.07) is 0. The first-order valence-corrected chi connectivity index (χ1v) is 4.23. The highest BCUT2D eigenvalue weighted by molar-refractivity contribution is 5.96. The lowest BCUT2D eigenvalue weighted by Gasteiger charge is -2.26. The summed E-state index contributed by atoms with van der Waals surface area (Å²) in [7, 11) is 0. The number of carbonyl (C=O) groups is 2. The maximum Gasteiger partial charge on any atom is 0.454 e. The molecule has 0 amide bonds. The van der Waals surface area contributed by atoms with Crippen LogP contribution < -0.4 is 0 Å². The minimum Gasteiger partial charge on any atom is -0.481 e. The lowest BCUT2D eigenvalue weighted by molar-refractivity contribution is -0.298. The number of alkyl halides is 5. The minimum atomic E-state index is -5.86. The fraction of sp³-hybridized carbons (Fsp3) is 0.750. The van der Waals surface area contributed by atoms with Crippen LogP contribution in [0.5, 0.6) is 0 Å². The smallest absolute Gasteiger partial charge is 0.454 e. The number of carboxylic acid groups (broad SMARTS) is 1. The highest BCUT2D eigenvalue weighted by atomic mass is 19.4. The molecule has 0 aromatic heterocycles. The van der Waals surface area contributed by atoms with Gasteiger partial charge >= 0.3 is 18.1 Å². The lowest BCUT2D eigenvalue weighted by atomic mass is 9.91. The van der Waals surface area contributed by atoms with Crippen LogP contribution >= 0.6 is 0 Å². The van der Waals surface area contributed by atoms with E-state index in [0.717, 1.165) is 6.92 Å². The number of halogens is 5. The number of aliphatic carboxylic acids is 1. The molecule has 0 bridgehead atoms. The molecule has 0 aliphatic carbocycles. The van der Waals surface area contributed by atoms with Crippen LogP contribution in [0.4, 0.5) is 22.0 Å². The second kappa shape index (κ2) is 4.75. The van der Waals surface area contributed by atoms with Gasteiger partial charge in [0, 0.05) is 0 Å². The third kappa shape index (κ3) is 3.14. The first-order valence-electron chi connectivity index (χ1n) is 4.23. The third-order valence-corrected chi connectivity index (χ3v) is 1.94. The SMILES string of the molecule is CCC(C(=O)CC(=O)O)C(F)(F)C(F)(F)F. The highest BCUT2D eigenvalue weighted by Crippen LogP contribution is 2.43. The van der Waals surface area contributed by atoms with Crippen LogP contribution in [0.3, 0.4) is 0 Å². The van der Waals surface area contributed by atoms with Crippen molar-refractivity contribution in [1.29, 1.82) is 0 Å². The van der Waals surface area contributed by atoms with Crippen molar-refractivity contribution in [1.82, 2.24) is 0 Å². The maximum absolute atomic E-state index is 12.8. The van der Waals surface area contributed by atoms with E-state index in [9.17, 15) is 31.5 Å². The van der Waals surface area contributed by atoms with Crippen LogP contribution in [0, 0.1) is 5.92 Å². The van der Waals surface area contributed by atoms with Crippen LogP contribution in [-0.2, 0) is 9.59 Å². The van der Waals surface area contributed by atoms with Gasteiger partial charge in [-0.05, 0) is 6.42 Å². The van der Waals surface area contributed by atoms with E-state index in [1.54, 1.807) is 0 Å². The zero-order chi connectivity index (χ0) is 13.1. The van der Waals surface area contributed by atoms with E-state index in [2.05, 4.69) is 0 Å². The molecule has 1 unspecified atom stereocenters. The Morgan fingerprint density at radius 1 is 1.19 bits per heavy atom. The van der Waals surface area contributed by atoms with Crippen LogP contribution in [0.1, 0.15) is 19.8 Å². The molecule has 8 heteroatoms. The molecular weight excluding hydrogens is 239 g/mol. The predicted molar refractivity (Wildman–Crippen MR) is 42.0 cm³/mol. The number of Topliss-reactive ketones (excluding diaryl/α,β-unsaturated/α-hetero) is 1. The molecule has 0 radical (unpaired) electrons. The van der Waals surface area contributed by atoms with E-state index in [1.807, 2.05) is 0 Å². The van der Waals surface area contributed by atoms with Gasteiger partial charge in [0.15, 0.2) is 5.78 Å². The van der Waals surface area contributed by atoms with Crippen LogP contribution in [-0.4, -0.2) is 29.0 Å². The summed E-state index contributed by atoms with van der Waals surface area (Å²) in [5.41, 5.74) is 0. The summed E-state index contributed by atoms with van der Waals surface area (Å²) < 4.78 is 61.3. The van der Waals surface area contributed by atoms with Crippen molar-refractivity contribution in [3.8, 4) is 0 Å². The third-order valence-electron chi connectivity index (χ3n) is 1.94. The second-order valence-electron chi connectivity index (χ2n) is 3.12. The normalized spacial score (nSPS) is 14.6. The molecule has 0 aliphatic heterocycles. The molecule has 0 fully saturated rings. The molecule has 0 saturated heterocycles. The quantitative estimate of drug-likeness (QED) is 0.599. The van der Waals surface area contributed by atoms with Crippen LogP contribution in [0.15, 0.2) is 0 Å². The largest absolute Gasteiger partial charge is 0.481 e. The van der Waals surface area contributed by atoms with Gasteiger partial charge in [0.1, 0.15) is 6.42 Å². The van der Waals surface area contributed by atoms with Crippen molar-refractivity contribution < 1.29 is 36.6 Å². The zero-order valence-electron chi connectivity index (χ0n) is 8.15. The molecular formula is C8H9F5O3. The monoisotopic (exact) mass is 248 g/mol. The molecule has 0 aromatic rings. The molecule has 1 atom stereocenters. The molecule has 0 aromatic carbocycles. The van der Waals surface area contributed by atoms with Gasteiger partial charge in [-0.1, -0.05) is 6.92 Å². The maximum atomic E-state index is 12.8. The topological polar surface area (TPSA) is 54.4 Å². The van der Waals surface area contributed by atoms with Crippen molar-refractivity contribution in [3.05, 3.63) is 0 Å². The van der Waals surface area contributed by atoms with Crippen molar-refractivity contribution in [3.63, 3.8) is 0 Å². The Morgan fingerprint density at radius 2 is 1.62 bits per heavy atom. The molecule has 0 saturated carbocycles. The average molecular weight is 248 g/mol. The van der Waals surface area contributed by atoms with E-state index < -0.39 is 42.6 Å². The fourth-order valence-electron chi connectivity index (χ4n) is 1.16. The van der Waals surface area contributed by atoms with E-state index in [0.29, 0.717) is 0 Å². The van der Waals surface area contributed by atoms with Gasteiger partial charge in [-0.15, -0.1) is 0 Å². The van der Waals surface area contributed by atoms with Crippen molar-refractivity contribution in [2.24, 2.45) is 5.92 Å². The first-order chi connectivity index (χ1) is 7.04. The van der Waals surface area contributed by atoms with Crippen LogP contribution in [0.25, 0.3) is 0 Å². The summed E-state index contributed by atoms with van der Waals surface area (Å²) in [4.78, 5) is 21.0. The number of rotatable bonds is 5. The van der Waals surface area contributed by atoms with Crippen LogP contribution in [0.2, 0.25) is 0 Å². The summed E-state index contributed by atoms with van der Waals surface area (Å²) in [6.45, 7) is 0.962. The number of carboxylic acids is 1. The molecule has 0 heterocycles. The Bertz CT molecular complexity index is 284. The van der Waals surface area contributed by atoms with Crippen molar-refractivity contribution in [2.75, 3.05) is 0 Å². The van der Waals surface area contributed by atoms with Gasteiger partial charge in [0.25, 0.3) is 0 Å². The molecule has 1 N–H and O–H groups in total. The molecule has 16 heavy (non-hydrogen) atoms. The molecule has 0 rings (SSSR count). The fourth-order valence-corrected chi connectivity index (χ4v) is 1.16. The average Bonchev–Trinajstić information content (AvgIpc) is 2.00. The predicted octanol–water partition coefficient (Wildman–Crippen LogP) is 2.25. The molecule has 94 valence electrons. The summed E-state index contributed by atoms with van der Waals surface area (Å²) in [6.07, 6.45) is -7.98. The molecule has 0 aliphatic rings. The van der Waals surface area contributed by atoms with Crippen molar-refractivity contribution >= 4 is 11.8 Å². The summed E-state index contributed by atoms with van der Waals surface area (Å²) >= 11 is 0. The number of carbonyl (C=O) groups excluding carboxylic acids is 1. The Hall–Kier alpha value is -1.21. The first kappa shape index (κ1) is 14.8. The summed E-state index contributed by atoms with van der Waals surface area (Å²) in [5, 5.41) is 8.15. The minimum absolute atomic E-state index is 0.779. The summed E-state index contributed by atoms with van der Waals surface area (Å²) in [5.74, 6) is -11.2. The van der Waals surface area contributed by atoms with Gasteiger partial charge < -0.3 is 5.11 Å². The molecule has 0 spiro atoms. The van der Waals surface area contributed by atoms with Gasteiger partial charge in [-0.25, -0.2) is 0 Å². The Balaban J connectivity index is 4.99. The standard InChI is InChI=1S/C8H9F5O3/c1-2-4(5(14)3-6(15)16)7(9,10)8(11,12)13/h4H,2-3H2,1H3,(H,15,16). The molecule has 3 nitrogen and oxygen atoms in total. The van der Waals surface area contributed by atoms with E-state index in [4.69, 9.17) is 5.11 Å². The van der Waals surface area contributed by atoms with E-state index in [1.165, 1.54) is 0 Å². The van der Waals surface area contributed by atoms with Gasteiger partial charge in [-0.3, -0.25) is 9.59 Å². The van der Waals surface area contributed by atoms with Crippen molar-refractivity contribution in [2.45, 2.75) is 31.9 Å². The lowest BCUT2D eigenvalue weighted by Crippen LogP contribution is -2.47. The number of ketones is 1. The van der Waals surface area contributed by atoms with Gasteiger partial charge in [-0.2, -0.15) is 22.0 Å². The Kier molecular flexibility index (Phi) is 4.39. The van der Waals surface area contributed by atoms with E-state index in [-0.39, 0.29) is 0 Å². The Labute approximate surface area is 87.2 Å². The zero-order valence-corrected chi connectivity index (χ0v) is 8.15. The second-order valence-corrected chi connectivity index (χ2v) is 3.12. The number of hydrogen-bond donors (Lipinski definition) is 1.